The van der Waals surface area contributed by atoms with Gasteiger partial charge in [0.2, 0.25) is 0 Å². The second kappa shape index (κ2) is 6.73. The van der Waals surface area contributed by atoms with Gasteiger partial charge in [0, 0.05) is 0 Å². The molecule has 1 N–H and O–H groups in total. The molecular weight excluding hydrogens is 279 g/mol. The summed E-state index contributed by atoms with van der Waals surface area (Å²) in [6.07, 6.45) is 0.615. The smallest absolute Gasteiger partial charge is 0.141 e. The van der Waals surface area contributed by atoms with Crippen LogP contribution in [0.15, 0.2) is 42.5 Å². The maximum Gasteiger partial charge on any atom is 0.141 e. The van der Waals surface area contributed by atoms with E-state index in [0.29, 0.717) is 12.0 Å². The molecule has 1 unspecified atom stereocenters. The number of hydrogen-bond donors (Lipinski definition) is 1. The lowest BCUT2D eigenvalue weighted by molar-refractivity contribution is 0.168. The van der Waals surface area contributed by atoms with Crippen molar-refractivity contribution >= 4 is 11.6 Å². The van der Waals surface area contributed by atoms with E-state index in [1.54, 1.807) is 13.2 Å². The molecule has 0 aliphatic rings. The lowest BCUT2D eigenvalue weighted by Gasteiger charge is -2.12. The van der Waals surface area contributed by atoms with Crippen molar-refractivity contribution in [2.75, 3.05) is 7.11 Å². The van der Waals surface area contributed by atoms with Crippen molar-refractivity contribution in [1.82, 2.24) is 0 Å². The van der Waals surface area contributed by atoms with Gasteiger partial charge in [-0.25, -0.2) is 4.39 Å². The van der Waals surface area contributed by atoms with E-state index < -0.39 is 11.9 Å². The first-order valence-corrected chi connectivity index (χ1v) is 6.74. The molecule has 2 nitrogen and oxygen atoms in total. The fourth-order valence-electron chi connectivity index (χ4n) is 1.98. The standard InChI is InChI=1S/C16H16ClFO2/c1-20-13-6-2-11(3-7-13)4-9-16(19)12-5-8-15(18)14(17)10-12/h2-3,5-8,10,16,19H,4,9H2,1H3. The van der Waals surface area contributed by atoms with Crippen LogP contribution in [0.1, 0.15) is 23.7 Å². The highest BCUT2D eigenvalue weighted by Gasteiger charge is 2.10. The molecule has 2 aromatic rings. The molecule has 0 spiro atoms. The highest BCUT2D eigenvalue weighted by atomic mass is 35.5. The normalized spacial score (nSPS) is 12.2. The number of aryl methyl sites for hydroxylation is 1. The number of rotatable bonds is 5. The van der Waals surface area contributed by atoms with Crippen LogP contribution in [0.3, 0.4) is 0 Å². The van der Waals surface area contributed by atoms with Crippen LogP contribution in [-0.4, -0.2) is 12.2 Å². The van der Waals surface area contributed by atoms with Crippen molar-refractivity contribution in [2.45, 2.75) is 18.9 Å². The third kappa shape index (κ3) is 3.71. The third-order valence-corrected chi connectivity index (χ3v) is 3.48. The van der Waals surface area contributed by atoms with Crippen molar-refractivity contribution in [3.63, 3.8) is 0 Å². The maximum absolute atomic E-state index is 13.1. The van der Waals surface area contributed by atoms with Gasteiger partial charge in [0.05, 0.1) is 18.2 Å². The van der Waals surface area contributed by atoms with Crippen molar-refractivity contribution in [3.8, 4) is 5.75 Å². The van der Waals surface area contributed by atoms with Crippen LogP contribution >= 0.6 is 11.6 Å². The predicted molar refractivity (Wildman–Crippen MR) is 77.7 cm³/mol. The largest absolute Gasteiger partial charge is 0.497 e. The fraction of sp³-hybridized carbons (Fsp3) is 0.250. The van der Waals surface area contributed by atoms with Gasteiger partial charge in [-0.3, -0.25) is 0 Å². The molecule has 0 bridgehead atoms. The van der Waals surface area contributed by atoms with Crippen molar-refractivity contribution < 1.29 is 14.2 Å². The Kier molecular flexibility index (Phi) is 4.99. The average Bonchev–Trinajstić information content (AvgIpc) is 2.48. The third-order valence-electron chi connectivity index (χ3n) is 3.19. The monoisotopic (exact) mass is 294 g/mol. The summed E-state index contributed by atoms with van der Waals surface area (Å²) in [5.74, 6) is 0.331. The first-order chi connectivity index (χ1) is 9.60. The average molecular weight is 295 g/mol. The summed E-state index contributed by atoms with van der Waals surface area (Å²) in [5.41, 5.74) is 1.74. The molecule has 0 saturated heterocycles. The summed E-state index contributed by atoms with van der Waals surface area (Å²) in [7, 11) is 1.62. The van der Waals surface area contributed by atoms with E-state index in [9.17, 15) is 9.50 Å². The topological polar surface area (TPSA) is 29.5 Å². The molecule has 0 aliphatic carbocycles. The van der Waals surface area contributed by atoms with Crippen LogP contribution in [-0.2, 0) is 6.42 Å². The van der Waals surface area contributed by atoms with E-state index in [-0.39, 0.29) is 5.02 Å². The zero-order valence-corrected chi connectivity index (χ0v) is 11.9. The highest BCUT2D eigenvalue weighted by Crippen LogP contribution is 2.24. The van der Waals surface area contributed by atoms with E-state index in [2.05, 4.69) is 0 Å². The van der Waals surface area contributed by atoms with E-state index in [0.717, 1.165) is 17.7 Å². The van der Waals surface area contributed by atoms with E-state index in [4.69, 9.17) is 16.3 Å². The lowest BCUT2D eigenvalue weighted by atomic mass is 10.0. The Morgan fingerprint density at radius 1 is 1.20 bits per heavy atom. The number of aliphatic hydroxyl groups excluding tert-OH is 1. The van der Waals surface area contributed by atoms with Gasteiger partial charge in [-0.05, 0) is 48.2 Å². The Hall–Kier alpha value is -1.58. The van der Waals surface area contributed by atoms with Gasteiger partial charge in [-0.15, -0.1) is 0 Å². The second-order valence-electron chi connectivity index (χ2n) is 4.58. The molecule has 2 aromatic carbocycles. The molecule has 0 fully saturated rings. The molecule has 0 saturated carbocycles. The quantitative estimate of drug-likeness (QED) is 0.897. The van der Waals surface area contributed by atoms with Crippen LogP contribution < -0.4 is 4.74 Å². The van der Waals surface area contributed by atoms with E-state index in [1.807, 2.05) is 24.3 Å². The number of aliphatic hydroxyl groups is 1. The predicted octanol–water partition coefficient (Wildman–Crippen LogP) is 4.15. The van der Waals surface area contributed by atoms with E-state index in [1.165, 1.54) is 12.1 Å². The van der Waals surface area contributed by atoms with Crippen LogP contribution in [0.4, 0.5) is 4.39 Å². The van der Waals surface area contributed by atoms with Crippen LogP contribution in [0.2, 0.25) is 5.02 Å². The van der Waals surface area contributed by atoms with Crippen LogP contribution in [0.25, 0.3) is 0 Å². The minimum atomic E-state index is -0.657. The Bertz CT molecular complexity index is 569. The van der Waals surface area contributed by atoms with Crippen molar-refractivity contribution in [1.29, 1.82) is 0 Å². The van der Waals surface area contributed by atoms with Gasteiger partial charge < -0.3 is 9.84 Å². The van der Waals surface area contributed by atoms with E-state index >= 15 is 0 Å². The number of halogens is 2. The van der Waals surface area contributed by atoms with Gasteiger partial charge >= 0.3 is 0 Å². The Morgan fingerprint density at radius 2 is 1.90 bits per heavy atom. The summed E-state index contributed by atoms with van der Waals surface area (Å²) >= 11 is 5.71. The minimum absolute atomic E-state index is 0.0333. The number of hydrogen-bond acceptors (Lipinski definition) is 2. The van der Waals surface area contributed by atoms with Crippen molar-refractivity contribution in [2.24, 2.45) is 0 Å². The number of benzene rings is 2. The molecule has 0 amide bonds. The zero-order valence-electron chi connectivity index (χ0n) is 11.1. The molecule has 0 radical (unpaired) electrons. The summed E-state index contributed by atoms with van der Waals surface area (Å²) in [6.45, 7) is 0. The first-order valence-electron chi connectivity index (χ1n) is 6.36. The SMILES string of the molecule is COc1ccc(CCC(O)c2ccc(F)c(Cl)c2)cc1. The van der Waals surface area contributed by atoms with Crippen LogP contribution in [0, 0.1) is 5.82 Å². The first kappa shape index (κ1) is 14.8. The van der Waals surface area contributed by atoms with Gasteiger partial charge in [0.15, 0.2) is 0 Å². The summed E-state index contributed by atoms with van der Waals surface area (Å²) in [5, 5.41) is 10.1. The fourth-order valence-corrected chi connectivity index (χ4v) is 2.17. The Labute approximate surface area is 122 Å². The molecular formula is C16H16ClFO2. The zero-order chi connectivity index (χ0) is 14.5. The summed E-state index contributed by atoms with van der Waals surface area (Å²) < 4.78 is 18.1. The molecule has 0 aromatic heterocycles. The number of ether oxygens (including phenoxy) is 1. The summed E-state index contributed by atoms with van der Waals surface area (Å²) in [6, 6.07) is 12.0. The van der Waals surface area contributed by atoms with Gasteiger partial charge in [0.25, 0.3) is 0 Å². The van der Waals surface area contributed by atoms with Crippen LogP contribution in [0.5, 0.6) is 5.75 Å². The van der Waals surface area contributed by atoms with Gasteiger partial charge in [0.1, 0.15) is 11.6 Å². The van der Waals surface area contributed by atoms with Crippen molar-refractivity contribution in [3.05, 3.63) is 64.4 Å². The van der Waals surface area contributed by atoms with Gasteiger partial charge in [-0.1, -0.05) is 29.8 Å². The molecule has 106 valence electrons. The highest BCUT2D eigenvalue weighted by molar-refractivity contribution is 6.30. The molecule has 1 atom stereocenters. The molecule has 20 heavy (non-hydrogen) atoms. The molecule has 0 heterocycles. The molecule has 2 rings (SSSR count). The summed E-state index contributed by atoms with van der Waals surface area (Å²) in [4.78, 5) is 0. The minimum Gasteiger partial charge on any atom is -0.497 e. The second-order valence-corrected chi connectivity index (χ2v) is 4.98. The van der Waals surface area contributed by atoms with Gasteiger partial charge in [-0.2, -0.15) is 0 Å². The Balaban J connectivity index is 1.96. The molecule has 0 aliphatic heterocycles. The maximum atomic E-state index is 13.1. The number of methoxy groups -OCH3 is 1. The molecule has 4 heteroatoms. The lowest BCUT2D eigenvalue weighted by Crippen LogP contribution is -2.00. The Morgan fingerprint density at radius 3 is 2.50 bits per heavy atom.